The second-order valence-electron chi connectivity index (χ2n) is 5.51. The molecule has 0 saturated heterocycles. The number of anilines is 1. The molecule has 1 amide bonds. The molecule has 0 atom stereocenters. The van der Waals surface area contributed by atoms with Gasteiger partial charge in [0.2, 0.25) is 5.91 Å². The number of rotatable bonds is 6. The van der Waals surface area contributed by atoms with Crippen molar-refractivity contribution < 1.29 is 9.53 Å². The van der Waals surface area contributed by atoms with E-state index < -0.39 is 0 Å². The second-order valence-corrected chi connectivity index (χ2v) is 5.51. The monoisotopic (exact) mass is 286 g/mol. The van der Waals surface area contributed by atoms with Crippen molar-refractivity contribution >= 4 is 22.5 Å². The van der Waals surface area contributed by atoms with Crippen LogP contribution in [0.1, 0.15) is 33.6 Å². The first-order valence-electron chi connectivity index (χ1n) is 7.42. The number of hydrogen-bond donors (Lipinski definition) is 1. The van der Waals surface area contributed by atoms with Gasteiger partial charge in [0.25, 0.3) is 0 Å². The first-order valence-corrected chi connectivity index (χ1v) is 7.42. The molecule has 2 aromatic rings. The summed E-state index contributed by atoms with van der Waals surface area (Å²) >= 11 is 0. The Morgan fingerprint density at radius 3 is 2.86 bits per heavy atom. The van der Waals surface area contributed by atoms with Gasteiger partial charge in [0.05, 0.1) is 12.3 Å². The Bertz CT molecular complexity index is 623. The molecule has 1 aromatic carbocycles. The molecule has 1 heterocycles. The molecule has 1 aromatic heterocycles. The van der Waals surface area contributed by atoms with E-state index in [1.54, 1.807) is 6.20 Å². The molecule has 0 bridgehead atoms. The number of amides is 1. The van der Waals surface area contributed by atoms with Crippen LogP contribution >= 0.6 is 0 Å². The minimum Gasteiger partial charge on any atom is -0.491 e. The van der Waals surface area contributed by atoms with E-state index in [1.807, 2.05) is 38.1 Å². The first kappa shape index (κ1) is 15.3. The summed E-state index contributed by atoms with van der Waals surface area (Å²) in [5, 5.41) is 3.87. The Kier molecular flexibility index (Phi) is 5.14. The molecule has 0 aliphatic heterocycles. The molecule has 0 fully saturated rings. The molecule has 21 heavy (non-hydrogen) atoms. The minimum atomic E-state index is 0.0254. The van der Waals surface area contributed by atoms with Gasteiger partial charge in [0, 0.05) is 18.0 Å². The number of carbonyl (C=O) groups excluding carboxylic acids is 1. The molecular weight excluding hydrogens is 264 g/mol. The maximum Gasteiger partial charge on any atom is 0.224 e. The van der Waals surface area contributed by atoms with Crippen LogP contribution in [0.4, 0.5) is 5.69 Å². The smallest absolute Gasteiger partial charge is 0.224 e. The van der Waals surface area contributed by atoms with Crippen molar-refractivity contribution in [2.24, 2.45) is 5.92 Å². The Morgan fingerprint density at radius 2 is 2.14 bits per heavy atom. The normalized spacial score (nSPS) is 10.9. The van der Waals surface area contributed by atoms with Gasteiger partial charge < -0.3 is 10.1 Å². The zero-order chi connectivity index (χ0) is 15.2. The van der Waals surface area contributed by atoms with Crippen LogP contribution in [-0.2, 0) is 4.79 Å². The molecular formula is C17H22N2O2. The lowest BCUT2D eigenvalue weighted by Gasteiger charge is -2.13. The molecule has 0 radical (unpaired) electrons. The first-order chi connectivity index (χ1) is 10.1. The summed E-state index contributed by atoms with van der Waals surface area (Å²) in [5.41, 5.74) is 1.57. The largest absolute Gasteiger partial charge is 0.491 e. The number of aromatic nitrogens is 1. The Labute approximate surface area is 125 Å². The van der Waals surface area contributed by atoms with Gasteiger partial charge in [-0.3, -0.25) is 9.78 Å². The van der Waals surface area contributed by atoms with Crippen molar-refractivity contribution in [2.75, 3.05) is 11.9 Å². The van der Waals surface area contributed by atoms with Crippen LogP contribution < -0.4 is 10.1 Å². The molecule has 2 rings (SSSR count). The number of ether oxygens (including phenoxy) is 1. The van der Waals surface area contributed by atoms with Gasteiger partial charge in [-0.2, -0.15) is 0 Å². The fourth-order valence-corrected chi connectivity index (χ4v) is 2.16. The van der Waals surface area contributed by atoms with E-state index in [9.17, 15) is 4.79 Å². The summed E-state index contributed by atoms with van der Waals surface area (Å²) in [4.78, 5) is 16.3. The third-order valence-corrected chi connectivity index (χ3v) is 3.06. The predicted molar refractivity (Wildman–Crippen MR) is 85.6 cm³/mol. The number of fused-ring (bicyclic) bond motifs is 1. The second kappa shape index (κ2) is 7.07. The van der Waals surface area contributed by atoms with E-state index in [-0.39, 0.29) is 5.91 Å². The molecule has 0 unspecified atom stereocenters. The molecule has 1 N–H and O–H groups in total. The highest BCUT2D eigenvalue weighted by Gasteiger charge is 2.11. The highest BCUT2D eigenvalue weighted by molar-refractivity contribution is 6.02. The molecule has 0 aliphatic rings. The van der Waals surface area contributed by atoms with Gasteiger partial charge in [-0.1, -0.05) is 20.8 Å². The van der Waals surface area contributed by atoms with Crippen LogP contribution in [-0.4, -0.2) is 17.5 Å². The van der Waals surface area contributed by atoms with Gasteiger partial charge in [0.15, 0.2) is 0 Å². The SMILES string of the molecule is CCCOc1ccc(NC(=O)CC(C)C)c2cccnc12. The van der Waals surface area contributed by atoms with Crippen molar-refractivity contribution in [2.45, 2.75) is 33.6 Å². The predicted octanol–water partition coefficient (Wildman–Crippen LogP) is 4.01. The van der Waals surface area contributed by atoms with Crippen LogP contribution in [0.2, 0.25) is 0 Å². The maximum absolute atomic E-state index is 12.0. The van der Waals surface area contributed by atoms with Gasteiger partial charge in [-0.25, -0.2) is 0 Å². The van der Waals surface area contributed by atoms with E-state index in [4.69, 9.17) is 4.74 Å². The lowest BCUT2D eigenvalue weighted by atomic mass is 10.1. The summed E-state index contributed by atoms with van der Waals surface area (Å²) in [6.45, 7) is 6.78. The van der Waals surface area contributed by atoms with Crippen molar-refractivity contribution in [1.29, 1.82) is 0 Å². The van der Waals surface area contributed by atoms with E-state index in [0.717, 1.165) is 28.8 Å². The van der Waals surface area contributed by atoms with Crippen molar-refractivity contribution in [3.8, 4) is 5.75 Å². The summed E-state index contributed by atoms with van der Waals surface area (Å²) in [6, 6.07) is 7.57. The average Bonchev–Trinajstić information content (AvgIpc) is 2.45. The molecule has 4 nitrogen and oxygen atoms in total. The maximum atomic E-state index is 12.0. The third kappa shape index (κ3) is 3.94. The van der Waals surface area contributed by atoms with Crippen LogP contribution in [0, 0.1) is 5.92 Å². The molecule has 4 heteroatoms. The van der Waals surface area contributed by atoms with Gasteiger partial charge in [0.1, 0.15) is 11.3 Å². The van der Waals surface area contributed by atoms with E-state index in [0.29, 0.717) is 18.9 Å². The lowest BCUT2D eigenvalue weighted by molar-refractivity contribution is -0.116. The van der Waals surface area contributed by atoms with Gasteiger partial charge in [-0.15, -0.1) is 0 Å². The summed E-state index contributed by atoms with van der Waals surface area (Å²) < 4.78 is 5.72. The highest BCUT2D eigenvalue weighted by atomic mass is 16.5. The molecule has 0 aliphatic carbocycles. The van der Waals surface area contributed by atoms with Crippen LogP contribution in [0.5, 0.6) is 5.75 Å². The topological polar surface area (TPSA) is 51.2 Å². The molecule has 0 spiro atoms. The Hall–Kier alpha value is -2.10. The molecule has 0 saturated carbocycles. The highest BCUT2D eigenvalue weighted by Crippen LogP contribution is 2.30. The molecule has 112 valence electrons. The van der Waals surface area contributed by atoms with Crippen molar-refractivity contribution in [1.82, 2.24) is 4.98 Å². The average molecular weight is 286 g/mol. The van der Waals surface area contributed by atoms with Crippen LogP contribution in [0.15, 0.2) is 30.5 Å². The number of nitrogens with zero attached hydrogens (tertiary/aromatic N) is 1. The van der Waals surface area contributed by atoms with E-state index in [1.165, 1.54) is 0 Å². The number of hydrogen-bond acceptors (Lipinski definition) is 3. The minimum absolute atomic E-state index is 0.0254. The van der Waals surface area contributed by atoms with Gasteiger partial charge in [-0.05, 0) is 36.6 Å². The number of benzene rings is 1. The Morgan fingerprint density at radius 1 is 1.33 bits per heavy atom. The summed E-state index contributed by atoms with van der Waals surface area (Å²) in [6.07, 6.45) is 3.19. The lowest BCUT2D eigenvalue weighted by Crippen LogP contribution is -2.14. The zero-order valence-corrected chi connectivity index (χ0v) is 12.8. The number of pyridine rings is 1. The standard InChI is InChI=1S/C17H22N2O2/c1-4-10-21-15-8-7-14(19-16(20)11-12(2)3)13-6-5-9-18-17(13)15/h5-9,12H,4,10-11H2,1-3H3,(H,19,20). The Balaban J connectivity index is 2.31. The van der Waals surface area contributed by atoms with E-state index >= 15 is 0 Å². The van der Waals surface area contributed by atoms with Crippen LogP contribution in [0.3, 0.4) is 0 Å². The van der Waals surface area contributed by atoms with Crippen LogP contribution in [0.25, 0.3) is 10.9 Å². The van der Waals surface area contributed by atoms with Crippen molar-refractivity contribution in [3.05, 3.63) is 30.5 Å². The third-order valence-electron chi connectivity index (χ3n) is 3.06. The zero-order valence-electron chi connectivity index (χ0n) is 12.8. The quantitative estimate of drug-likeness (QED) is 0.873. The fraction of sp³-hybridized carbons (Fsp3) is 0.412. The summed E-state index contributed by atoms with van der Waals surface area (Å²) in [7, 11) is 0. The summed E-state index contributed by atoms with van der Waals surface area (Å²) in [5.74, 6) is 1.12. The fourth-order valence-electron chi connectivity index (χ4n) is 2.16. The van der Waals surface area contributed by atoms with Gasteiger partial charge >= 0.3 is 0 Å². The van der Waals surface area contributed by atoms with Crippen molar-refractivity contribution in [3.63, 3.8) is 0 Å². The van der Waals surface area contributed by atoms with E-state index in [2.05, 4.69) is 17.2 Å². The number of carbonyl (C=O) groups is 1. The number of nitrogens with one attached hydrogen (secondary N) is 1.